The van der Waals surface area contributed by atoms with Gasteiger partial charge in [-0.3, -0.25) is 4.98 Å². The second-order valence-electron chi connectivity index (χ2n) is 7.22. The van der Waals surface area contributed by atoms with Gasteiger partial charge in [0.2, 0.25) is 0 Å². The number of aromatic nitrogens is 2. The first-order valence-electron chi connectivity index (χ1n) is 9.56. The van der Waals surface area contributed by atoms with Crippen LogP contribution < -0.4 is 0 Å². The van der Waals surface area contributed by atoms with Gasteiger partial charge in [0, 0.05) is 30.2 Å². The van der Waals surface area contributed by atoms with Crippen molar-refractivity contribution in [2.24, 2.45) is 0 Å². The summed E-state index contributed by atoms with van der Waals surface area (Å²) in [4.78, 5) is 15.2. The Morgan fingerprint density at radius 3 is 2.59 bits per heavy atom. The second kappa shape index (κ2) is 8.15. The van der Waals surface area contributed by atoms with E-state index in [1.807, 2.05) is 25.3 Å². The average molecular weight is 382 g/mol. The quantitative estimate of drug-likeness (QED) is 0.464. The molecule has 0 saturated carbocycles. The maximum atomic E-state index is 10.9. The smallest absolute Gasteiger partial charge is 0.328 e. The third kappa shape index (κ3) is 4.11. The normalized spacial score (nSPS) is 12.8. The molecular formula is C25H22N2O2. The van der Waals surface area contributed by atoms with E-state index in [-0.39, 0.29) is 6.04 Å². The van der Waals surface area contributed by atoms with Gasteiger partial charge in [-0.2, -0.15) is 0 Å². The van der Waals surface area contributed by atoms with Crippen LogP contribution in [-0.2, 0) is 11.2 Å². The van der Waals surface area contributed by atoms with Crippen molar-refractivity contribution >= 4 is 16.9 Å². The third-order valence-electron chi connectivity index (χ3n) is 5.03. The minimum atomic E-state index is -0.906. The summed E-state index contributed by atoms with van der Waals surface area (Å²) in [6.45, 7) is 1.84. The van der Waals surface area contributed by atoms with Crippen molar-refractivity contribution < 1.29 is 9.90 Å². The molecule has 0 bridgehead atoms. The van der Waals surface area contributed by atoms with Crippen molar-refractivity contribution in [1.82, 2.24) is 9.55 Å². The first kappa shape index (κ1) is 18.7. The Kier molecular flexibility index (Phi) is 5.25. The topological polar surface area (TPSA) is 55.1 Å². The van der Waals surface area contributed by atoms with Crippen LogP contribution in [0.15, 0.2) is 97.0 Å². The molecule has 144 valence electrons. The van der Waals surface area contributed by atoms with Gasteiger partial charge in [-0.05, 0) is 59.7 Å². The highest BCUT2D eigenvalue weighted by molar-refractivity contribution is 5.82. The predicted molar refractivity (Wildman–Crippen MR) is 115 cm³/mol. The summed E-state index contributed by atoms with van der Waals surface area (Å²) in [6.07, 6.45) is 7.71. The molecule has 2 aromatic heterocycles. The Hall–Kier alpha value is -3.66. The molecule has 1 unspecified atom stereocenters. The summed E-state index contributed by atoms with van der Waals surface area (Å²) < 4.78 is 2.27. The largest absolute Gasteiger partial charge is 0.478 e. The van der Waals surface area contributed by atoms with Crippen LogP contribution >= 0.6 is 0 Å². The molecule has 0 fully saturated rings. The van der Waals surface area contributed by atoms with Gasteiger partial charge in [0.05, 0.1) is 6.04 Å². The van der Waals surface area contributed by atoms with Gasteiger partial charge in [-0.15, -0.1) is 0 Å². The molecule has 29 heavy (non-hydrogen) atoms. The fourth-order valence-corrected chi connectivity index (χ4v) is 3.82. The lowest BCUT2D eigenvalue weighted by molar-refractivity contribution is -0.131. The number of pyridine rings is 1. The molecule has 1 atom stereocenters. The molecule has 0 aliphatic heterocycles. The van der Waals surface area contributed by atoms with Gasteiger partial charge < -0.3 is 9.67 Å². The monoisotopic (exact) mass is 382 g/mol. The Bertz CT molecular complexity index is 1120. The summed E-state index contributed by atoms with van der Waals surface area (Å²) in [5.74, 6) is -0.906. The minimum Gasteiger partial charge on any atom is -0.478 e. The Balaban J connectivity index is 1.76. The Morgan fingerprint density at radius 2 is 1.86 bits per heavy atom. The maximum Gasteiger partial charge on any atom is 0.328 e. The van der Waals surface area contributed by atoms with Gasteiger partial charge >= 0.3 is 5.97 Å². The van der Waals surface area contributed by atoms with Crippen LogP contribution in [0.2, 0.25) is 0 Å². The van der Waals surface area contributed by atoms with Gasteiger partial charge in [-0.25, -0.2) is 4.79 Å². The molecule has 4 rings (SSSR count). The van der Waals surface area contributed by atoms with Crippen LogP contribution in [0.5, 0.6) is 0 Å². The Labute approximate surface area is 169 Å². The lowest BCUT2D eigenvalue weighted by atomic mass is 9.99. The van der Waals surface area contributed by atoms with Crippen LogP contribution in [0.3, 0.4) is 0 Å². The number of carboxylic acids is 1. The number of rotatable bonds is 6. The minimum absolute atomic E-state index is 0.0295. The fraction of sp³-hybridized carbons (Fsp3) is 0.120. The molecule has 2 heterocycles. The maximum absolute atomic E-state index is 10.9. The zero-order valence-corrected chi connectivity index (χ0v) is 16.2. The molecular weight excluding hydrogens is 360 g/mol. The number of fused-ring (bicyclic) bond motifs is 1. The second-order valence-corrected chi connectivity index (χ2v) is 7.22. The van der Waals surface area contributed by atoms with Crippen molar-refractivity contribution in [1.29, 1.82) is 0 Å². The summed E-state index contributed by atoms with van der Waals surface area (Å²) in [7, 11) is 0. The average Bonchev–Trinajstić information content (AvgIpc) is 3.12. The van der Waals surface area contributed by atoms with Crippen molar-refractivity contribution in [3.8, 4) is 0 Å². The highest BCUT2D eigenvalue weighted by Crippen LogP contribution is 2.31. The van der Waals surface area contributed by atoms with E-state index in [2.05, 4.69) is 70.3 Å². The Morgan fingerprint density at radius 1 is 1.07 bits per heavy atom. The molecule has 0 spiro atoms. The van der Waals surface area contributed by atoms with Crippen LogP contribution in [0.1, 0.15) is 29.7 Å². The number of nitrogens with zero attached hydrogens (tertiary/aromatic N) is 2. The van der Waals surface area contributed by atoms with E-state index in [4.69, 9.17) is 5.11 Å². The van der Waals surface area contributed by atoms with Crippen molar-refractivity contribution in [3.05, 3.63) is 114 Å². The van der Waals surface area contributed by atoms with E-state index >= 15 is 0 Å². The highest BCUT2D eigenvalue weighted by Gasteiger charge is 2.18. The zero-order valence-electron chi connectivity index (χ0n) is 16.2. The predicted octanol–water partition coefficient (Wildman–Crippen LogP) is 5.25. The first-order valence-corrected chi connectivity index (χ1v) is 9.56. The molecule has 0 amide bonds. The summed E-state index contributed by atoms with van der Waals surface area (Å²) >= 11 is 0. The molecule has 2 aromatic carbocycles. The number of carboxylic acid groups (broad SMARTS) is 1. The van der Waals surface area contributed by atoms with Crippen molar-refractivity contribution in [3.63, 3.8) is 0 Å². The molecule has 0 aliphatic carbocycles. The number of carbonyl (C=O) groups is 1. The van der Waals surface area contributed by atoms with Crippen LogP contribution in [0.25, 0.3) is 10.9 Å². The number of aliphatic carboxylic acids is 1. The van der Waals surface area contributed by atoms with E-state index in [1.165, 1.54) is 11.6 Å². The number of benzene rings is 2. The van der Waals surface area contributed by atoms with Crippen molar-refractivity contribution in [2.45, 2.75) is 19.4 Å². The van der Waals surface area contributed by atoms with Gasteiger partial charge in [0.1, 0.15) is 0 Å². The van der Waals surface area contributed by atoms with E-state index in [0.29, 0.717) is 6.42 Å². The van der Waals surface area contributed by atoms with Gasteiger partial charge in [-0.1, -0.05) is 48.0 Å². The molecule has 0 saturated heterocycles. The summed E-state index contributed by atoms with van der Waals surface area (Å²) in [5, 5.41) is 10.1. The summed E-state index contributed by atoms with van der Waals surface area (Å²) in [6, 6.07) is 22.9. The number of hydrogen-bond donors (Lipinski definition) is 1. The van der Waals surface area contributed by atoms with Crippen LogP contribution in [-0.4, -0.2) is 20.6 Å². The SMILES string of the molecule is CC(=CC(=O)O)Cc1ccc2c(ccn2C(c2ccccc2)c2cccnc2)c1. The van der Waals surface area contributed by atoms with Crippen LogP contribution in [0, 0.1) is 0 Å². The summed E-state index contributed by atoms with van der Waals surface area (Å²) in [5.41, 5.74) is 5.38. The molecule has 0 aliphatic rings. The molecule has 4 nitrogen and oxygen atoms in total. The standard InChI is InChI=1S/C25H22N2O2/c1-18(15-24(28)29)14-19-9-10-23-21(16-19)11-13-27(23)25(20-6-3-2-4-7-20)22-8-5-12-26-17-22/h2-13,15-17,25H,14H2,1H3,(H,28,29). The fourth-order valence-electron chi connectivity index (χ4n) is 3.82. The number of hydrogen-bond acceptors (Lipinski definition) is 2. The van der Waals surface area contributed by atoms with Crippen LogP contribution in [0.4, 0.5) is 0 Å². The van der Waals surface area contributed by atoms with E-state index in [9.17, 15) is 4.79 Å². The van der Waals surface area contributed by atoms with E-state index in [1.54, 1.807) is 6.20 Å². The van der Waals surface area contributed by atoms with Gasteiger partial charge in [0.25, 0.3) is 0 Å². The molecule has 4 heteroatoms. The molecule has 4 aromatic rings. The van der Waals surface area contributed by atoms with E-state index < -0.39 is 5.97 Å². The van der Waals surface area contributed by atoms with Crippen molar-refractivity contribution in [2.75, 3.05) is 0 Å². The number of allylic oxidation sites excluding steroid dienone is 1. The lowest BCUT2D eigenvalue weighted by Crippen LogP contribution is -2.11. The molecule has 1 N–H and O–H groups in total. The lowest BCUT2D eigenvalue weighted by Gasteiger charge is -2.21. The third-order valence-corrected chi connectivity index (χ3v) is 5.03. The highest BCUT2D eigenvalue weighted by atomic mass is 16.4. The van der Waals surface area contributed by atoms with E-state index in [0.717, 1.165) is 27.6 Å². The van der Waals surface area contributed by atoms with Gasteiger partial charge in [0.15, 0.2) is 0 Å². The zero-order chi connectivity index (χ0) is 20.2. The first-order chi connectivity index (χ1) is 14.1. The molecule has 0 radical (unpaired) electrons.